The molecule has 0 bridgehead atoms. The molecule has 76 valence electrons. The monoisotopic (exact) mass is 186 g/mol. The van der Waals surface area contributed by atoms with Gasteiger partial charge in [-0.05, 0) is 19.3 Å². The minimum absolute atomic E-state index is 0.158. The second kappa shape index (κ2) is 5.97. The van der Waals surface area contributed by atoms with Crippen LogP contribution in [0.4, 0.5) is 0 Å². The van der Waals surface area contributed by atoms with Gasteiger partial charge in [-0.2, -0.15) is 0 Å². The first-order chi connectivity index (χ1) is 6.33. The van der Waals surface area contributed by atoms with Gasteiger partial charge in [0.1, 0.15) is 0 Å². The van der Waals surface area contributed by atoms with Crippen molar-refractivity contribution in [3.05, 3.63) is 0 Å². The molecule has 0 aromatic carbocycles. The second-order valence-corrected chi connectivity index (χ2v) is 3.40. The Hall–Kier alpha value is -0.570. The Morgan fingerprint density at radius 1 is 1.38 bits per heavy atom. The summed E-state index contributed by atoms with van der Waals surface area (Å²) in [6.45, 7) is 3.57. The molecule has 0 atom stereocenters. The van der Waals surface area contributed by atoms with Gasteiger partial charge in [-0.15, -0.1) is 0 Å². The van der Waals surface area contributed by atoms with Crippen molar-refractivity contribution in [1.29, 1.82) is 0 Å². The first-order valence-electron chi connectivity index (χ1n) is 5.06. The van der Waals surface area contributed by atoms with Crippen molar-refractivity contribution in [3.8, 4) is 0 Å². The molecule has 0 spiro atoms. The van der Waals surface area contributed by atoms with Gasteiger partial charge in [0, 0.05) is 6.61 Å². The lowest BCUT2D eigenvalue weighted by Gasteiger charge is -2.03. The molecule has 0 radical (unpaired) electrons. The maximum absolute atomic E-state index is 10.9. The van der Waals surface area contributed by atoms with Crippen LogP contribution in [0.1, 0.15) is 32.6 Å². The van der Waals surface area contributed by atoms with Gasteiger partial charge in [0.15, 0.2) is 0 Å². The van der Waals surface area contributed by atoms with E-state index in [0.29, 0.717) is 19.6 Å². The first-order valence-corrected chi connectivity index (χ1v) is 5.06. The summed E-state index contributed by atoms with van der Waals surface area (Å²) in [6.07, 6.45) is 4.27. The van der Waals surface area contributed by atoms with Gasteiger partial charge in [0.2, 0.25) is 0 Å². The molecule has 3 heteroatoms. The van der Waals surface area contributed by atoms with Crippen LogP contribution in [0.3, 0.4) is 0 Å². The Kier molecular flexibility index (Phi) is 4.83. The molecule has 0 N–H and O–H groups in total. The number of hydrogen-bond donors (Lipinski definition) is 0. The number of esters is 1. The Bertz CT molecular complexity index is 152. The van der Waals surface area contributed by atoms with E-state index in [4.69, 9.17) is 9.47 Å². The molecule has 1 saturated carbocycles. The number of carbonyl (C=O) groups excluding carboxylic acids is 1. The summed E-state index contributed by atoms with van der Waals surface area (Å²) in [5, 5.41) is 0. The molecule has 0 aliphatic heterocycles. The van der Waals surface area contributed by atoms with Crippen molar-refractivity contribution < 1.29 is 14.3 Å². The van der Waals surface area contributed by atoms with Crippen molar-refractivity contribution >= 4 is 5.97 Å². The van der Waals surface area contributed by atoms with E-state index in [9.17, 15) is 4.79 Å². The minimum Gasteiger partial charge on any atom is -0.466 e. The van der Waals surface area contributed by atoms with Gasteiger partial charge < -0.3 is 9.47 Å². The topological polar surface area (TPSA) is 35.5 Å². The van der Waals surface area contributed by atoms with Crippen LogP contribution in [0, 0.1) is 5.92 Å². The standard InChI is InChI=1S/C10H18O3/c1-2-13-10(11)6-8-12-7-5-9-3-4-9/h9H,2-8H2,1H3. The van der Waals surface area contributed by atoms with Crippen LogP contribution in [0.2, 0.25) is 0 Å². The number of hydrogen-bond acceptors (Lipinski definition) is 3. The van der Waals surface area contributed by atoms with Crippen LogP contribution in [-0.4, -0.2) is 25.8 Å². The number of rotatable bonds is 7. The van der Waals surface area contributed by atoms with E-state index in [1.807, 2.05) is 6.92 Å². The molecule has 1 rings (SSSR count). The zero-order valence-corrected chi connectivity index (χ0v) is 8.25. The van der Waals surface area contributed by atoms with E-state index in [-0.39, 0.29) is 5.97 Å². The molecule has 1 aliphatic carbocycles. The summed E-state index contributed by atoms with van der Waals surface area (Å²) >= 11 is 0. The average molecular weight is 186 g/mol. The third kappa shape index (κ3) is 5.64. The Morgan fingerprint density at radius 2 is 2.15 bits per heavy atom. The molecule has 0 unspecified atom stereocenters. The van der Waals surface area contributed by atoms with E-state index in [1.165, 1.54) is 12.8 Å². The normalized spacial score (nSPS) is 15.8. The Morgan fingerprint density at radius 3 is 2.77 bits per heavy atom. The molecule has 1 aliphatic rings. The lowest BCUT2D eigenvalue weighted by molar-refractivity contribution is -0.144. The Balaban J connectivity index is 1.79. The van der Waals surface area contributed by atoms with Crippen molar-refractivity contribution in [1.82, 2.24) is 0 Å². The molecular weight excluding hydrogens is 168 g/mol. The summed E-state index contributed by atoms with van der Waals surface area (Å²) in [6, 6.07) is 0. The van der Waals surface area contributed by atoms with Gasteiger partial charge in [-0.3, -0.25) is 4.79 Å². The quantitative estimate of drug-likeness (QED) is 0.449. The fraction of sp³-hybridized carbons (Fsp3) is 0.900. The lowest BCUT2D eigenvalue weighted by atomic mass is 10.3. The number of ether oxygens (including phenoxy) is 2. The third-order valence-corrected chi connectivity index (χ3v) is 2.12. The largest absolute Gasteiger partial charge is 0.466 e. The molecule has 0 heterocycles. The average Bonchev–Trinajstić information content (AvgIpc) is 2.88. The van der Waals surface area contributed by atoms with Gasteiger partial charge in [-0.25, -0.2) is 0 Å². The van der Waals surface area contributed by atoms with Crippen molar-refractivity contribution in [2.24, 2.45) is 5.92 Å². The van der Waals surface area contributed by atoms with Crippen molar-refractivity contribution in [3.63, 3.8) is 0 Å². The fourth-order valence-electron chi connectivity index (χ4n) is 1.15. The van der Waals surface area contributed by atoms with Crippen LogP contribution >= 0.6 is 0 Å². The highest BCUT2D eigenvalue weighted by Crippen LogP contribution is 2.31. The minimum atomic E-state index is -0.158. The molecule has 0 saturated heterocycles. The summed E-state index contributed by atoms with van der Waals surface area (Å²) in [4.78, 5) is 10.9. The molecule has 0 aromatic heterocycles. The highest BCUT2D eigenvalue weighted by molar-refractivity contribution is 5.69. The summed E-state index contributed by atoms with van der Waals surface area (Å²) in [5.41, 5.74) is 0. The van der Waals surface area contributed by atoms with Crippen LogP contribution < -0.4 is 0 Å². The summed E-state index contributed by atoms with van der Waals surface area (Å²) in [7, 11) is 0. The SMILES string of the molecule is CCOC(=O)CCOCCC1CC1. The zero-order chi connectivity index (χ0) is 9.52. The van der Waals surface area contributed by atoms with E-state index in [2.05, 4.69) is 0 Å². The lowest BCUT2D eigenvalue weighted by Crippen LogP contribution is -2.08. The first kappa shape index (κ1) is 10.5. The fourth-order valence-corrected chi connectivity index (χ4v) is 1.15. The van der Waals surface area contributed by atoms with Crippen LogP contribution in [0.15, 0.2) is 0 Å². The highest BCUT2D eigenvalue weighted by atomic mass is 16.5. The molecule has 1 fully saturated rings. The van der Waals surface area contributed by atoms with E-state index in [0.717, 1.165) is 18.9 Å². The maximum atomic E-state index is 10.9. The molecule has 3 nitrogen and oxygen atoms in total. The predicted molar refractivity (Wildman–Crippen MR) is 49.4 cm³/mol. The van der Waals surface area contributed by atoms with E-state index < -0.39 is 0 Å². The summed E-state index contributed by atoms with van der Waals surface area (Å²) in [5.74, 6) is 0.747. The van der Waals surface area contributed by atoms with Crippen LogP contribution in [0.25, 0.3) is 0 Å². The van der Waals surface area contributed by atoms with E-state index in [1.54, 1.807) is 0 Å². The maximum Gasteiger partial charge on any atom is 0.308 e. The Labute approximate surface area is 79.4 Å². The van der Waals surface area contributed by atoms with Gasteiger partial charge >= 0.3 is 5.97 Å². The second-order valence-electron chi connectivity index (χ2n) is 3.40. The van der Waals surface area contributed by atoms with Gasteiger partial charge in [0.05, 0.1) is 19.6 Å². The molecule has 0 aromatic rings. The smallest absolute Gasteiger partial charge is 0.308 e. The molecular formula is C10H18O3. The van der Waals surface area contributed by atoms with E-state index >= 15 is 0 Å². The van der Waals surface area contributed by atoms with Crippen LogP contribution in [0.5, 0.6) is 0 Å². The van der Waals surface area contributed by atoms with Crippen molar-refractivity contribution in [2.45, 2.75) is 32.6 Å². The van der Waals surface area contributed by atoms with Crippen molar-refractivity contribution in [2.75, 3.05) is 19.8 Å². The number of carbonyl (C=O) groups is 1. The summed E-state index contributed by atoms with van der Waals surface area (Å²) < 4.78 is 10.1. The molecule has 0 amide bonds. The van der Waals surface area contributed by atoms with Gasteiger partial charge in [-0.1, -0.05) is 12.8 Å². The highest BCUT2D eigenvalue weighted by Gasteiger charge is 2.20. The van der Waals surface area contributed by atoms with Gasteiger partial charge in [0.25, 0.3) is 0 Å². The zero-order valence-electron chi connectivity index (χ0n) is 8.25. The van der Waals surface area contributed by atoms with Crippen LogP contribution in [-0.2, 0) is 14.3 Å². The predicted octanol–water partition coefficient (Wildman–Crippen LogP) is 1.76. The molecule has 13 heavy (non-hydrogen) atoms. The third-order valence-electron chi connectivity index (χ3n) is 2.12.